The molecule has 19 heavy (non-hydrogen) atoms. The number of hydroxylamine groups is 2. The second kappa shape index (κ2) is 5.65. The molecule has 0 N–H and O–H groups in total. The lowest BCUT2D eigenvalue weighted by Gasteiger charge is -2.37. The van der Waals surface area contributed by atoms with E-state index in [0.717, 1.165) is 37.1 Å². The Morgan fingerprint density at radius 3 is 2.37 bits per heavy atom. The Morgan fingerprint density at radius 2 is 1.84 bits per heavy atom. The lowest BCUT2D eigenvalue weighted by atomic mass is 9.69. The average molecular weight is 263 g/mol. The van der Waals surface area contributed by atoms with Gasteiger partial charge in [-0.15, -0.1) is 0 Å². The third-order valence-electron chi connectivity index (χ3n) is 4.01. The maximum Gasteiger partial charge on any atom is 0.256 e. The number of aryl methyl sites for hydroxylation is 1. The van der Waals surface area contributed by atoms with Gasteiger partial charge < -0.3 is 0 Å². The van der Waals surface area contributed by atoms with Gasteiger partial charge >= 0.3 is 0 Å². The zero-order valence-corrected chi connectivity index (χ0v) is 11.8. The van der Waals surface area contributed by atoms with Crippen molar-refractivity contribution in [3.8, 4) is 0 Å². The molecule has 1 saturated carbocycles. The molecule has 0 aromatic carbocycles. The van der Waals surface area contributed by atoms with E-state index in [-0.39, 0.29) is 5.91 Å². The van der Waals surface area contributed by atoms with Crippen molar-refractivity contribution in [2.75, 3.05) is 14.2 Å². The second-order valence-corrected chi connectivity index (χ2v) is 5.15. The molecule has 1 aromatic heterocycles. The van der Waals surface area contributed by atoms with Crippen LogP contribution >= 0.6 is 0 Å². The predicted octanol–water partition coefficient (Wildman–Crippen LogP) is 2.01. The zero-order chi connectivity index (χ0) is 13.9. The van der Waals surface area contributed by atoms with Crippen LogP contribution in [0, 0.1) is 6.92 Å². The third-order valence-corrected chi connectivity index (χ3v) is 4.01. The van der Waals surface area contributed by atoms with Crippen molar-refractivity contribution in [3.05, 3.63) is 23.8 Å². The number of hydrogen-bond acceptors (Lipinski definition) is 4. The summed E-state index contributed by atoms with van der Waals surface area (Å²) in [5.41, 5.74) is 0.392. The van der Waals surface area contributed by atoms with E-state index >= 15 is 0 Å². The molecule has 1 aliphatic rings. The normalized spacial score (nSPS) is 18.1. The van der Waals surface area contributed by atoms with Crippen LogP contribution in [0.1, 0.15) is 43.5 Å². The number of likely N-dealkylation sites (N-methyl/N-ethyl adjacent to an activating group) is 1. The third kappa shape index (κ3) is 2.61. The van der Waals surface area contributed by atoms with Gasteiger partial charge in [-0.2, -0.15) is 0 Å². The summed E-state index contributed by atoms with van der Waals surface area (Å²) in [6.07, 6.45) is 8.54. The standard InChI is InChI=1S/C14H21N3O2/c1-11-15-9-12(10-16-11)14(7-5-4-6-8-14)13(18)17(2)19-3/h9-10H,4-8H2,1-3H3. The van der Waals surface area contributed by atoms with Gasteiger partial charge in [-0.1, -0.05) is 19.3 Å². The van der Waals surface area contributed by atoms with Gasteiger partial charge in [0.1, 0.15) is 5.82 Å². The summed E-state index contributed by atoms with van der Waals surface area (Å²) in [5, 5.41) is 1.32. The molecule has 0 bridgehead atoms. The highest BCUT2D eigenvalue weighted by Gasteiger charge is 2.43. The Bertz CT molecular complexity index is 439. The molecule has 0 unspecified atom stereocenters. The van der Waals surface area contributed by atoms with Crippen molar-refractivity contribution in [1.29, 1.82) is 0 Å². The summed E-state index contributed by atoms with van der Waals surface area (Å²) in [6, 6.07) is 0. The average Bonchev–Trinajstić information content (AvgIpc) is 2.47. The minimum atomic E-state index is -0.517. The first-order valence-corrected chi connectivity index (χ1v) is 6.71. The lowest BCUT2D eigenvalue weighted by Crippen LogP contribution is -2.46. The summed E-state index contributed by atoms with van der Waals surface area (Å²) in [5.74, 6) is 0.726. The Morgan fingerprint density at radius 1 is 1.26 bits per heavy atom. The van der Waals surface area contributed by atoms with Crippen molar-refractivity contribution >= 4 is 5.91 Å². The van der Waals surface area contributed by atoms with Gasteiger partial charge in [0.15, 0.2) is 0 Å². The fraction of sp³-hybridized carbons (Fsp3) is 0.643. The van der Waals surface area contributed by atoms with Crippen LogP contribution in [-0.4, -0.2) is 35.1 Å². The quantitative estimate of drug-likeness (QED) is 0.783. The van der Waals surface area contributed by atoms with E-state index in [9.17, 15) is 4.79 Å². The molecule has 1 heterocycles. The van der Waals surface area contributed by atoms with Gasteiger partial charge in [0.05, 0.1) is 12.5 Å². The summed E-state index contributed by atoms with van der Waals surface area (Å²) in [6.45, 7) is 1.85. The topological polar surface area (TPSA) is 55.3 Å². The van der Waals surface area contributed by atoms with Gasteiger partial charge in [0.2, 0.25) is 0 Å². The second-order valence-electron chi connectivity index (χ2n) is 5.15. The fourth-order valence-corrected chi connectivity index (χ4v) is 2.81. The molecule has 1 amide bonds. The molecular weight excluding hydrogens is 242 g/mol. The Labute approximate surface area is 114 Å². The van der Waals surface area contributed by atoms with Crippen LogP contribution in [0.5, 0.6) is 0 Å². The van der Waals surface area contributed by atoms with Crippen molar-refractivity contribution in [1.82, 2.24) is 15.0 Å². The van der Waals surface area contributed by atoms with Gasteiger partial charge in [-0.05, 0) is 19.8 Å². The predicted molar refractivity (Wildman–Crippen MR) is 71.3 cm³/mol. The summed E-state index contributed by atoms with van der Waals surface area (Å²) in [7, 11) is 3.17. The number of amides is 1. The molecule has 1 aliphatic carbocycles. The molecule has 5 nitrogen and oxygen atoms in total. The monoisotopic (exact) mass is 263 g/mol. The number of hydrogen-bond donors (Lipinski definition) is 0. The van der Waals surface area contributed by atoms with Crippen molar-refractivity contribution in [2.24, 2.45) is 0 Å². The molecule has 0 radical (unpaired) electrons. The van der Waals surface area contributed by atoms with Crippen LogP contribution in [0.3, 0.4) is 0 Å². The highest BCUT2D eigenvalue weighted by Crippen LogP contribution is 2.40. The Balaban J connectivity index is 2.39. The smallest absolute Gasteiger partial charge is 0.256 e. The number of rotatable bonds is 3. The molecule has 1 aromatic rings. The van der Waals surface area contributed by atoms with Gasteiger partial charge in [0, 0.05) is 25.0 Å². The first-order valence-electron chi connectivity index (χ1n) is 6.71. The lowest BCUT2D eigenvalue weighted by molar-refractivity contribution is -0.177. The molecule has 2 rings (SSSR count). The van der Waals surface area contributed by atoms with E-state index in [1.165, 1.54) is 18.6 Å². The van der Waals surface area contributed by atoms with Crippen molar-refractivity contribution in [3.63, 3.8) is 0 Å². The summed E-state index contributed by atoms with van der Waals surface area (Å²) in [4.78, 5) is 26.2. The molecule has 5 heteroatoms. The van der Waals surface area contributed by atoms with Gasteiger partial charge in [-0.3, -0.25) is 9.63 Å². The fourth-order valence-electron chi connectivity index (χ4n) is 2.81. The van der Waals surface area contributed by atoms with E-state index in [2.05, 4.69) is 9.97 Å². The first kappa shape index (κ1) is 13.9. The highest BCUT2D eigenvalue weighted by atomic mass is 16.7. The van der Waals surface area contributed by atoms with E-state index < -0.39 is 5.41 Å². The summed E-state index contributed by atoms with van der Waals surface area (Å²) < 4.78 is 0. The van der Waals surface area contributed by atoms with E-state index in [1.807, 2.05) is 6.92 Å². The van der Waals surface area contributed by atoms with E-state index in [1.54, 1.807) is 19.4 Å². The molecule has 0 aliphatic heterocycles. The highest BCUT2D eigenvalue weighted by molar-refractivity contribution is 5.87. The van der Waals surface area contributed by atoms with Crippen LogP contribution < -0.4 is 0 Å². The van der Waals surface area contributed by atoms with Gasteiger partial charge in [0.25, 0.3) is 5.91 Å². The molecular formula is C14H21N3O2. The maximum atomic E-state index is 12.7. The Kier molecular flexibility index (Phi) is 4.14. The van der Waals surface area contributed by atoms with Crippen molar-refractivity contribution in [2.45, 2.75) is 44.4 Å². The maximum absolute atomic E-state index is 12.7. The number of nitrogens with zero attached hydrogens (tertiary/aromatic N) is 3. The Hall–Kier alpha value is -1.49. The van der Waals surface area contributed by atoms with Crippen LogP contribution in [0.25, 0.3) is 0 Å². The van der Waals surface area contributed by atoms with Crippen LogP contribution in [0.15, 0.2) is 12.4 Å². The van der Waals surface area contributed by atoms with E-state index in [0.29, 0.717) is 0 Å². The van der Waals surface area contributed by atoms with Gasteiger partial charge in [-0.25, -0.2) is 15.0 Å². The van der Waals surface area contributed by atoms with E-state index in [4.69, 9.17) is 4.84 Å². The minimum absolute atomic E-state index is 0.00199. The molecule has 1 fully saturated rings. The molecule has 0 spiro atoms. The molecule has 0 atom stereocenters. The molecule has 104 valence electrons. The van der Waals surface area contributed by atoms with Crippen molar-refractivity contribution < 1.29 is 9.63 Å². The largest absolute Gasteiger partial charge is 0.275 e. The summed E-state index contributed by atoms with van der Waals surface area (Å²) >= 11 is 0. The number of aromatic nitrogens is 2. The zero-order valence-electron chi connectivity index (χ0n) is 11.8. The SMILES string of the molecule is CON(C)C(=O)C1(c2cnc(C)nc2)CCCCC1. The minimum Gasteiger partial charge on any atom is -0.275 e. The first-order chi connectivity index (χ1) is 9.10. The van der Waals surface area contributed by atoms with Crippen LogP contribution in [0.4, 0.5) is 0 Å². The van der Waals surface area contributed by atoms with Crippen LogP contribution in [0.2, 0.25) is 0 Å². The number of carbonyl (C=O) groups excluding carboxylic acids is 1. The van der Waals surface area contributed by atoms with Crippen LogP contribution in [-0.2, 0) is 15.0 Å². The molecule has 0 saturated heterocycles. The number of carbonyl (C=O) groups is 1.